The standard InChI is InChI=1S/C28H40N2O9S2/c1-16-5-11-21(12-6-16)40(34,35)29-15-20-10-9-18(3)28(38-20)39-27-23(24(31)19(4)25(32)26(27)33)30-41(36,37)22-13-7-17(2)8-14-22/h5-8,11-14,18-20,23-33H,9-10,15H2,1-4H3/t18?,19-,20?,23+,24?,25+,26?,27?,28-/m1/s1. The molecule has 13 heteroatoms. The second-order valence-corrected chi connectivity index (χ2v) is 14.7. The van der Waals surface area contributed by atoms with Gasteiger partial charge in [0.05, 0.1) is 34.1 Å². The average Bonchev–Trinajstić information content (AvgIpc) is 2.93. The molecule has 0 spiro atoms. The second-order valence-electron chi connectivity index (χ2n) is 11.2. The summed E-state index contributed by atoms with van der Waals surface area (Å²) in [5, 5.41) is 32.6. The van der Waals surface area contributed by atoms with Gasteiger partial charge in [0.2, 0.25) is 20.0 Å². The van der Waals surface area contributed by atoms with Crippen LogP contribution in [0, 0.1) is 25.7 Å². The van der Waals surface area contributed by atoms with E-state index in [2.05, 4.69) is 9.44 Å². The van der Waals surface area contributed by atoms with Crippen LogP contribution in [0.4, 0.5) is 0 Å². The smallest absolute Gasteiger partial charge is 0.240 e. The van der Waals surface area contributed by atoms with Gasteiger partial charge in [-0.05, 0) is 51.0 Å². The molecule has 2 fully saturated rings. The highest BCUT2D eigenvalue weighted by Crippen LogP contribution is 2.33. The molecule has 9 atom stereocenters. The van der Waals surface area contributed by atoms with Gasteiger partial charge in [-0.3, -0.25) is 0 Å². The number of rotatable bonds is 9. The Bertz CT molecular complexity index is 1380. The maximum Gasteiger partial charge on any atom is 0.240 e. The molecule has 2 aliphatic rings. The van der Waals surface area contributed by atoms with Crippen LogP contribution in [0.2, 0.25) is 0 Å². The molecule has 5 unspecified atom stereocenters. The van der Waals surface area contributed by atoms with Gasteiger partial charge in [-0.25, -0.2) is 26.3 Å². The van der Waals surface area contributed by atoms with Gasteiger partial charge in [-0.2, -0.15) is 0 Å². The summed E-state index contributed by atoms with van der Waals surface area (Å²) in [7, 11) is -7.90. The average molecular weight is 613 g/mol. The minimum atomic E-state index is -4.13. The molecule has 5 N–H and O–H groups in total. The number of hydrogen-bond acceptors (Lipinski definition) is 9. The molecular formula is C28H40N2O9S2. The minimum absolute atomic E-state index is 0.0227. The molecule has 2 aromatic rings. The normalized spacial score (nSPS) is 33.0. The molecule has 228 valence electrons. The monoisotopic (exact) mass is 612 g/mol. The van der Waals surface area contributed by atoms with Crippen molar-refractivity contribution in [3.8, 4) is 0 Å². The zero-order valence-electron chi connectivity index (χ0n) is 23.5. The van der Waals surface area contributed by atoms with Crippen LogP contribution in [0.1, 0.15) is 37.8 Å². The Morgan fingerprint density at radius 1 is 0.805 bits per heavy atom. The van der Waals surface area contributed by atoms with Gasteiger partial charge in [0.25, 0.3) is 0 Å². The highest BCUT2D eigenvalue weighted by Gasteiger charge is 2.51. The molecule has 11 nitrogen and oxygen atoms in total. The van der Waals surface area contributed by atoms with Crippen LogP contribution in [0.5, 0.6) is 0 Å². The lowest BCUT2D eigenvalue weighted by atomic mass is 9.78. The molecule has 0 bridgehead atoms. The first-order chi connectivity index (χ1) is 19.2. The van der Waals surface area contributed by atoms with Crippen molar-refractivity contribution >= 4 is 20.0 Å². The molecule has 2 aromatic carbocycles. The van der Waals surface area contributed by atoms with E-state index in [0.29, 0.717) is 12.8 Å². The topological polar surface area (TPSA) is 171 Å². The van der Waals surface area contributed by atoms with E-state index >= 15 is 0 Å². The van der Waals surface area contributed by atoms with Gasteiger partial charge in [0, 0.05) is 18.4 Å². The summed E-state index contributed by atoms with van der Waals surface area (Å²) in [6, 6.07) is 11.3. The summed E-state index contributed by atoms with van der Waals surface area (Å²) in [5.41, 5.74) is 1.80. The van der Waals surface area contributed by atoms with Crippen LogP contribution >= 0.6 is 0 Å². The molecule has 0 radical (unpaired) electrons. The first-order valence-electron chi connectivity index (χ1n) is 13.7. The van der Waals surface area contributed by atoms with Crippen LogP contribution in [0.25, 0.3) is 0 Å². The van der Waals surface area contributed by atoms with Crippen molar-refractivity contribution in [1.29, 1.82) is 0 Å². The molecule has 0 amide bonds. The van der Waals surface area contributed by atoms with Gasteiger partial charge in [0.15, 0.2) is 6.29 Å². The summed E-state index contributed by atoms with van der Waals surface area (Å²) < 4.78 is 69.1. The van der Waals surface area contributed by atoms with Crippen LogP contribution < -0.4 is 9.44 Å². The van der Waals surface area contributed by atoms with Gasteiger partial charge in [-0.15, -0.1) is 0 Å². The van der Waals surface area contributed by atoms with Crippen LogP contribution in [0.3, 0.4) is 0 Å². The minimum Gasteiger partial charge on any atom is -0.391 e. The zero-order chi connectivity index (χ0) is 30.1. The summed E-state index contributed by atoms with van der Waals surface area (Å²) in [6.45, 7) is 7.03. The summed E-state index contributed by atoms with van der Waals surface area (Å²) in [6.07, 6.45) is -6.03. The maximum absolute atomic E-state index is 13.2. The maximum atomic E-state index is 13.2. The summed E-state index contributed by atoms with van der Waals surface area (Å²) in [4.78, 5) is 0.108. The Hall–Kier alpha value is -1.94. The van der Waals surface area contributed by atoms with Crippen molar-refractivity contribution in [3.05, 3.63) is 59.7 Å². The third-order valence-electron chi connectivity index (χ3n) is 7.97. The molecule has 1 saturated carbocycles. The number of nitrogens with one attached hydrogen (secondary N) is 2. The predicted octanol–water partition coefficient (Wildman–Crippen LogP) is 1.19. The van der Waals surface area contributed by atoms with E-state index in [4.69, 9.17) is 9.47 Å². The Labute approximate surface area is 242 Å². The van der Waals surface area contributed by atoms with Gasteiger partial charge < -0.3 is 24.8 Å². The Balaban J connectivity index is 1.49. The Morgan fingerprint density at radius 3 is 1.90 bits per heavy atom. The van der Waals surface area contributed by atoms with Crippen molar-refractivity contribution in [2.24, 2.45) is 11.8 Å². The number of hydrogen-bond donors (Lipinski definition) is 5. The van der Waals surface area contributed by atoms with E-state index in [1.54, 1.807) is 24.3 Å². The first kappa shape index (κ1) is 32.0. The lowest BCUT2D eigenvalue weighted by Gasteiger charge is -2.47. The number of ether oxygens (including phenoxy) is 2. The molecule has 0 aromatic heterocycles. The van der Waals surface area contributed by atoms with E-state index < -0.39 is 68.8 Å². The largest absolute Gasteiger partial charge is 0.391 e. The fourth-order valence-electron chi connectivity index (χ4n) is 5.16. The van der Waals surface area contributed by atoms with Crippen LogP contribution in [0.15, 0.2) is 58.3 Å². The van der Waals surface area contributed by atoms with Gasteiger partial charge in [-0.1, -0.05) is 49.2 Å². The van der Waals surface area contributed by atoms with Crippen LogP contribution in [-0.2, 0) is 29.5 Å². The third-order valence-corrected chi connectivity index (χ3v) is 10.9. The third kappa shape index (κ3) is 7.35. The molecule has 1 aliphatic carbocycles. The Morgan fingerprint density at radius 2 is 1.34 bits per heavy atom. The van der Waals surface area contributed by atoms with Crippen LogP contribution in [-0.4, -0.2) is 81.6 Å². The number of aryl methyl sites for hydroxylation is 2. The number of benzene rings is 2. The van der Waals surface area contributed by atoms with Crippen molar-refractivity contribution in [2.45, 2.75) is 93.2 Å². The highest BCUT2D eigenvalue weighted by atomic mass is 32.2. The van der Waals surface area contributed by atoms with Gasteiger partial charge in [0.1, 0.15) is 12.2 Å². The van der Waals surface area contributed by atoms with E-state index in [1.165, 1.54) is 31.2 Å². The molecular weight excluding hydrogens is 572 g/mol. The van der Waals surface area contributed by atoms with Crippen molar-refractivity contribution in [1.82, 2.24) is 9.44 Å². The van der Waals surface area contributed by atoms with Crippen molar-refractivity contribution in [2.75, 3.05) is 6.54 Å². The highest BCUT2D eigenvalue weighted by molar-refractivity contribution is 7.89. The summed E-state index contributed by atoms with van der Waals surface area (Å²) >= 11 is 0. The van der Waals surface area contributed by atoms with Crippen molar-refractivity contribution in [3.63, 3.8) is 0 Å². The second kappa shape index (κ2) is 12.7. The fourth-order valence-corrected chi connectivity index (χ4v) is 7.49. The first-order valence-corrected chi connectivity index (χ1v) is 16.7. The Kier molecular flexibility index (Phi) is 9.94. The zero-order valence-corrected chi connectivity index (χ0v) is 25.2. The molecule has 1 heterocycles. The van der Waals surface area contributed by atoms with Gasteiger partial charge >= 0.3 is 0 Å². The van der Waals surface area contributed by atoms with E-state index in [9.17, 15) is 32.2 Å². The fraction of sp³-hybridized carbons (Fsp3) is 0.571. The molecule has 4 rings (SSSR count). The lowest BCUT2D eigenvalue weighted by Crippen LogP contribution is -2.67. The number of sulfonamides is 2. The van der Waals surface area contributed by atoms with E-state index in [-0.39, 0.29) is 22.3 Å². The van der Waals surface area contributed by atoms with E-state index in [1.807, 2.05) is 20.8 Å². The predicted molar refractivity (Wildman–Crippen MR) is 151 cm³/mol. The quantitative estimate of drug-likeness (QED) is 0.279. The van der Waals surface area contributed by atoms with Crippen molar-refractivity contribution < 1.29 is 41.6 Å². The lowest BCUT2D eigenvalue weighted by molar-refractivity contribution is -0.275. The van der Waals surface area contributed by atoms with E-state index in [0.717, 1.165) is 11.1 Å². The SMILES string of the molecule is Cc1ccc(S(=O)(=O)NCC2CCC(C)[C@@H](OC3C(O)[C@@H](O)[C@H](C)C(O)[C@@H]3NS(=O)(=O)c3ccc(C)cc3)O2)cc1. The molecule has 1 saturated heterocycles. The molecule has 1 aliphatic heterocycles. The number of aliphatic hydroxyl groups is 3. The summed E-state index contributed by atoms with van der Waals surface area (Å²) in [5.74, 6) is -1.06. The molecule has 41 heavy (non-hydrogen) atoms. The number of aliphatic hydroxyl groups excluding tert-OH is 3.